The minimum atomic E-state index is -3.72. The number of sulfonamides is 1. The van der Waals surface area contributed by atoms with E-state index in [1.54, 1.807) is 24.3 Å². The third-order valence-electron chi connectivity index (χ3n) is 5.42. The number of hydrogen-bond acceptors (Lipinski definition) is 4. The molecule has 2 aromatic carbocycles. The fourth-order valence-electron chi connectivity index (χ4n) is 3.81. The minimum Gasteiger partial charge on any atom is -0.478 e. The van der Waals surface area contributed by atoms with Crippen molar-refractivity contribution in [1.29, 1.82) is 0 Å². The number of benzene rings is 2. The fraction of sp³-hybridized carbons (Fsp3) is 0.273. The molecule has 9 heteroatoms. The zero-order valence-corrected chi connectivity index (χ0v) is 18.8. The number of aromatic carboxylic acids is 1. The lowest BCUT2D eigenvalue weighted by Crippen LogP contribution is -2.31. The van der Waals surface area contributed by atoms with E-state index in [1.807, 2.05) is 0 Å². The number of carbonyl (C=O) groups is 1. The van der Waals surface area contributed by atoms with Gasteiger partial charge in [-0.3, -0.25) is 0 Å². The molecule has 1 aromatic heterocycles. The third kappa shape index (κ3) is 4.41. The van der Waals surface area contributed by atoms with Crippen LogP contribution in [-0.2, 0) is 10.0 Å². The highest BCUT2D eigenvalue weighted by Gasteiger charge is 2.26. The van der Waals surface area contributed by atoms with Gasteiger partial charge in [0.2, 0.25) is 10.0 Å². The Morgan fingerprint density at radius 2 is 1.68 bits per heavy atom. The molecule has 0 atom stereocenters. The summed E-state index contributed by atoms with van der Waals surface area (Å²) >= 11 is 12.2. The fourth-order valence-corrected chi connectivity index (χ4v) is 5.86. The van der Waals surface area contributed by atoms with Crippen LogP contribution >= 0.6 is 23.2 Å². The van der Waals surface area contributed by atoms with Gasteiger partial charge in [0, 0.05) is 29.1 Å². The molecule has 0 radical (unpaired) electrons. The van der Waals surface area contributed by atoms with Crippen LogP contribution in [0.1, 0.15) is 36.0 Å². The number of halogens is 2. The molecule has 0 unspecified atom stereocenters. The average molecular weight is 479 g/mol. The van der Waals surface area contributed by atoms with Crippen LogP contribution < -0.4 is 0 Å². The first-order valence-electron chi connectivity index (χ1n) is 9.91. The Morgan fingerprint density at radius 1 is 0.968 bits per heavy atom. The number of fused-ring (bicyclic) bond motifs is 1. The molecule has 2 heterocycles. The van der Waals surface area contributed by atoms with Crippen molar-refractivity contribution in [3.63, 3.8) is 0 Å². The van der Waals surface area contributed by atoms with Crippen molar-refractivity contribution in [1.82, 2.24) is 9.29 Å². The highest BCUT2D eigenvalue weighted by atomic mass is 35.5. The highest BCUT2D eigenvalue weighted by Crippen LogP contribution is 2.33. The first-order chi connectivity index (χ1) is 14.8. The number of pyridine rings is 1. The van der Waals surface area contributed by atoms with Crippen LogP contribution in [0.2, 0.25) is 10.0 Å². The average Bonchev–Trinajstić information content (AvgIpc) is 3.02. The van der Waals surface area contributed by atoms with Gasteiger partial charge in [-0.25, -0.2) is 18.2 Å². The number of aromatic nitrogens is 1. The second-order valence-electron chi connectivity index (χ2n) is 7.48. The van der Waals surface area contributed by atoms with Crippen molar-refractivity contribution >= 4 is 50.1 Å². The second kappa shape index (κ2) is 8.74. The van der Waals surface area contributed by atoms with Crippen molar-refractivity contribution in [2.75, 3.05) is 13.1 Å². The van der Waals surface area contributed by atoms with Gasteiger partial charge in [-0.15, -0.1) is 0 Å². The Morgan fingerprint density at radius 3 is 2.32 bits per heavy atom. The molecule has 162 valence electrons. The van der Waals surface area contributed by atoms with Crippen molar-refractivity contribution in [3.8, 4) is 11.3 Å². The second-order valence-corrected chi connectivity index (χ2v) is 10.3. The molecule has 1 N–H and O–H groups in total. The van der Waals surface area contributed by atoms with Crippen molar-refractivity contribution in [3.05, 3.63) is 58.1 Å². The molecule has 0 amide bonds. The molecule has 3 aromatic rings. The largest absolute Gasteiger partial charge is 0.478 e. The van der Waals surface area contributed by atoms with E-state index in [4.69, 9.17) is 23.2 Å². The summed E-state index contributed by atoms with van der Waals surface area (Å²) in [6.45, 7) is 0.941. The standard InChI is InChI=1S/C22H20Cl2N2O4S/c23-14-5-7-16(19(24)11-14)21-13-18(22(27)28)17-12-15(6-8-20(17)25-21)31(29,30)26-9-3-1-2-4-10-26/h5-8,11-13H,1-4,9-10H2,(H,27,28). The minimum absolute atomic E-state index is 0.0427. The maximum atomic E-state index is 13.2. The van der Waals surface area contributed by atoms with E-state index >= 15 is 0 Å². The van der Waals surface area contributed by atoms with Crippen molar-refractivity contribution in [2.24, 2.45) is 0 Å². The van der Waals surface area contributed by atoms with Gasteiger partial charge in [-0.05, 0) is 55.3 Å². The summed E-state index contributed by atoms with van der Waals surface area (Å²) < 4.78 is 27.8. The molecule has 6 nitrogen and oxygen atoms in total. The quantitative estimate of drug-likeness (QED) is 0.536. The molecule has 0 aliphatic carbocycles. The number of rotatable bonds is 4. The lowest BCUT2D eigenvalue weighted by atomic mass is 10.0. The Labute approximate surface area is 190 Å². The van der Waals surface area contributed by atoms with Gasteiger partial charge in [0.25, 0.3) is 0 Å². The van der Waals surface area contributed by atoms with E-state index in [9.17, 15) is 18.3 Å². The van der Waals surface area contributed by atoms with Gasteiger partial charge in [-0.1, -0.05) is 36.0 Å². The molecular formula is C22H20Cl2N2O4S. The van der Waals surface area contributed by atoms with E-state index in [2.05, 4.69) is 4.98 Å². The SMILES string of the molecule is O=C(O)c1cc(-c2ccc(Cl)cc2Cl)nc2ccc(S(=O)(=O)N3CCCCCC3)cc12. The molecule has 1 fully saturated rings. The maximum Gasteiger partial charge on any atom is 0.336 e. The molecule has 0 saturated carbocycles. The van der Waals surface area contributed by atoms with Crippen LogP contribution in [0.3, 0.4) is 0 Å². The number of nitrogens with zero attached hydrogens (tertiary/aromatic N) is 2. The summed E-state index contributed by atoms with van der Waals surface area (Å²) in [5, 5.41) is 10.9. The van der Waals surface area contributed by atoms with E-state index in [-0.39, 0.29) is 15.8 Å². The molecule has 1 saturated heterocycles. The van der Waals surface area contributed by atoms with Gasteiger partial charge >= 0.3 is 5.97 Å². The van der Waals surface area contributed by atoms with Crippen LogP contribution in [0.4, 0.5) is 0 Å². The zero-order chi connectivity index (χ0) is 22.2. The van der Waals surface area contributed by atoms with Crippen molar-refractivity contribution < 1.29 is 18.3 Å². The van der Waals surface area contributed by atoms with Crippen LogP contribution in [0.15, 0.2) is 47.4 Å². The maximum absolute atomic E-state index is 13.2. The van der Waals surface area contributed by atoms with Gasteiger partial charge in [-0.2, -0.15) is 4.31 Å². The number of carboxylic acid groups (broad SMARTS) is 1. The number of carboxylic acids is 1. The predicted octanol–water partition coefficient (Wildman–Crippen LogP) is 5.47. The molecule has 0 bridgehead atoms. The monoisotopic (exact) mass is 478 g/mol. The zero-order valence-electron chi connectivity index (χ0n) is 16.5. The number of hydrogen-bond donors (Lipinski definition) is 1. The van der Waals surface area contributed by atoms with Crippen LogP contribution in [0.25, 0.3) is 22.2 Å². The predicted molar refractivity (Wildman–Crippen MR) is 121 cm³/mol. The van der Waals surface area contributed by atoms with Crippen molar-refractivity contribution in [2.45, 2.75) is 30.6 Å². The van der Waals surface area contributed by atoms with E-state index in [1.165, 1.54) is 22.5 Å². The normalized spacial score (nSPS) is 15.7. The Balaban J connectivity index is 1.84. The first kappa shape index (κ1) is 22.0. The Hall–Kier alpha value is -2.19. The first-order valence-corrected chi connectivity index (χ1v) is 12.1. The lowest BCUT2D eigenvalue weighted by molar-refractivity contribution is 0.0699. The summed E-state index contributed by atoms with van der Waals surface area (Å²) in [6.07, 6.45) is 3.65. The van der Waals surface area contributed by atoms with E-state index in [0.29, 0.717) is 39.9 Å². The molecule has 31 heavy (non-hydrogen) atoms. The summed E-state index contributed by atoms with van der Waals surface area (Å²) in [7, 11) is -3.72. The molecule has 4 rings (SSSR count). The van der Waals surface area contributed by atoms with Crippen LogP contribution in [-0.4, -0.2) is 41.9 Å². The molecule has 0 spiro atoms. The summed E-state index contributed by atoms with van der Waals surface area (Å²) in [5.74, 6) is -1.18. The van der Waals surface area contributed by atoms with Gasteiger partial charge in [0.1, 0.15) is 0 Å². The van der Waals surface area contributed by atoms with Gasteiger partial charge in [0.05, 0.1) is 26.7 Å². The smallest absolute Gasteiger partial charge is 0.336 e. The molecular weight excluding hydrogens is 459 g/mol. The topological polar surface area (TPSA) is 87.6 Å². The lowest BCUT2D eigenvalue weighted by Gasteiger charge is -2.20. The highest BCUT2D eigenvalue weighted by molar-refractivity contribution is 7.89. The summed E-state index contributed by atoms with van der Waals surface area (Å²) in [4.78, 5) is 16.6. The van der Waals surface area contributed by atoms with Crippen LogP contribution in [0, 0.1) is 0 Å². The molecule has 1 aliphatic heterocycles. The Bertz CT molecular complexity index is 1270. The van der Waals surface area contributed by atoms with E-state index < -0.39 is 16.0 Å². The summed E-state index contributed by atoms with van der Waals surface area (Å²) in [5.41, 5.74) is 1.24. The van der Waals surface area contributed by atoms with Crippen LogP contribution in [0.5, 0.6) is 0 Å². The van der Waals surface area contributed by atoms with E-state index in [0.717, 1.165) is 25.7 Å². The Kier molecular flexibility index (Phi) is 6.21. The summed E-state index contributed by atoms with van der Waals surface area (Å²) in [6, 6.07) is 10.7. The molecule has 1 aliphatic rings. The van der Waals surface area contributed by atoms with Gasteiger partial charge in [0.15, 0.2) is 0 Å². The third-order valence-corrected chi connectivity index (χ3v) is 7.86. The van der Waals surface area contributed by atoms with Gasteiger partial charge < -0.3 is 5.11 Å².